The molecule has 0 bridgehead atoms. The van der Waals surface area contributed by atoms with Crippen LogP contribution < -0.4 is 0 Å². The predicted octanol–water partition coefficient (Wildman–Crippen LogP) is 3.46. The highest BCUT2D eigenvalue weighted by Gasteiger charge is 2.34. The van der Waals surface area contributed by atoms with Gasteiger partial charge in [0.25, 0.3) is 10.0 Å². The molecule has 0 radical (unpaired) electrons. The standard InChI is InChI=1S/C16H21NO2S/c1-13-8-10-15(11-9-13)20(18,19)17-12-4-6-14-5-2-3-7-16(14)17/h7-11,14H,2-6,12H2,1H3. The summed E-state index contributed by atoms with van der Waals surface area (Å²) in [5.74, 6) is 0.442. The average molecular weight is 291 g/mol. The molecule has 0 spiro atoms. The molecule has 0 N–H and O–H groups in total. The summed E-state index contributed by atoms with van der Waals surface area (Å²) in [5, 5.41) is 0. The van der Waals surface area contributed by atoms with Gasteiger partial charge in [0.15, 0.2) is 0 Å². The van der Waals surface area contributed by atoms with Gasteiger partial charge in [0, 0.05) is 12.2 Å². The van der Waals surface area contributed by atoms with E-state index in [9.17, 15) is 8.42 Å². The quantitative estimate of drug-likeness (QED) is 0.836. The van der Waals surface area contributed by atoms with Crippen molar-refractivity contribution >= 4 is 10.0 Å². The van der Waals surface area contributed by atoms with E-state index in [4.69, 9.17) is 0 Å². The lowest BCUT2D eigenvalue weighted by molar-refractivity contribution is 0.306. The van der Waals surface area contributed by atoms with Crippen LogP contribution in [-0.2, 0) is 10.0 Å². The van der Waals surface area contributed by atoms with E-state index in [1.54, 1.807) is 16.4 Å². The number of rotatable bonds is 2. The highest BCUT2D eigenvalue weighted by molar-refractivity contribution is 7.89. The molecule has 1 aliphatic heterocycles. The predicted molar refractivity (Wildman–Crippen MR) is 79.7 cm³/mol. The largest absolute Gasteiger partial charge is 0.270 e. The second-order valence-corrected chi connectivity index (χ2v) is 7.65. The molecule has 1 aromatic carbocycles. The molecule has 0 saturated carbocycles. The molecule has 108 valence electrons. The van der Waals surface area contributed by atoms with Crippen molar-refractivity contribution < 1.29 is 8.42 Å². The molecular formula is C16H21NO2S. The van der Waals surface area contributed by atoms with E-state index < -0.39 is 10.0 Å². The Hall–Kier alpha value is -1.29. The van der Waals surface area contributed by atoms with Gasteiger partial charge in [-0.15, -0.1) is 0 Å². The number of hydrogen-bond acceptors (Lipinski definition) is 2. The summed E-state index contributed by atoms with van der Waals surface area (Å²) in [6.07, 6.45) is 7.56. The first-order chi connectivity index (χ1) is 9.59. The minimum absolute atomic E-state index is 0.412. The second-order valence-electron chi connectivity index (χ2n) is 5.79. The van der Waals surface area contributed by atoms with Gasteiger partial charge in [0.05, 0.1) is 4.90 Å². The van der Waals surface area contributed by atoms with Crippen LogP contribution in [0.3, 0.4) is 0 Å². The fourth-order valence-electron chi connectivity index (χ4n) is 3.23. The summed E-state index contributed by atoms with van der Waals surface area (Å²) in [4.78, 5) is 0.412. The highest BCUT2D eigenvalue weighted by atomic mass is 32.2. The number of hydrogen-bond donors (Lipinski definition) is 0. The molecule has 3 nitrogen and oxygen atoms in total. The van der Waals surface area contributed by atoms with Gasteiger partial charge < -0.3 is 0 Å². The van der Waals surface area contributed by atoms with Crippen molar-refractivity contribution in [2.45, 2.75) is 43.9 Å². The smallest absolute Gasteiger partial charge is 0.264 e. The van der Waals surface area contributed by atoms with Crippen LogP contribution in [-0.4, -0.2) is 19.3 Å². The van der Waals surface area contributed by atoms with Crippen molar-refractivity contribution in [2.24, 2.45) is 5.92 Å². The number of sulfonamides is 1. The van der Waals surface area contributed by atoms with Gasteiger partial charge in [0.2, 0.25) is 0 Å². The molecule has 1 saturated heterocycles. The third-order valence-electron chi connectivity index (χ3n) is 4.34. The number of piperidine rings is 1. The van der Waals surface area contributed by atoms with Crippen LogP contribution in [0.25, 0.3) is 0 Å². The summed E-state index contributed by atoms with van der Waals surface area (Å²) in [5.41, 5.74) is 2.13. The van der Waals surface area contributed by atoms with Gasteiger partial charge >= 0.3 is 0 Å². The normalized spacial score (nSPS) is 23.1. The summed E-state index contributed by atoms with van der Waals surface area (Å²) in [7, 11) is -3.38. The lowest BCUT2D eigenvalue weighted by atomic mass is 9.86. The van der Waals surface area contributed by atoms with Crippen molar-refractivity contribution in [3.05, 3.63) is 41.6 Å². The number of aryl methyl sites for hydroxylation is 1. The number of nitrogens with zero attached hydrogens (tertiary/aromatic N) is 1. The molecule has 1 atom stereocenters. The summed E-state index contributed by atoms with van der Waals surface area (Å²) >= 11 is 0. The van der Waals surface area contributed by atoms with Crippen molar-refractivity contribution in [3.8, 4) is 0 Å². The van der Waals surface area contributed by atoms with Gasteiger partial charge in [-0.2, -0.15) is 0 Å². The van der Waals surface area contributed by atoms with E-state index in [1.165, 1.54) is 6.42 Å². The molecule has 1 fully saturated rings. The zero-order valence-corrected chi connectivity index (χ0v) is 12.7. The first kappa shape index (κ1) is 13.7. The lowest BCUT2D eigenvalue weighted by Crippen LogP contribution is -2.38. The molecule has 4 heteroatoms. The van der Waals surface area contributed by atoms with Crippen LogP contribution in [0.1, 0.15) is 37.7 Å². The Balaban J connectivity index is 1.97. The van der Waals surface area contributed by atoms with Gasteiger partial charge in [0.1, 0.15) is 0 Å². The minimum atomic E-state index is -3.38. The zero-order valence-electron chi connectivity index (χ0n) is 11.9. The molecule has 3 rings (SSSR count). The van der Waals surface area contributed by atoms with E-state index >= 15 is 0 Å². The Labute approximate surface area is 121 Å². The maximum absolute atomic E-state index is 12.8. The van der Waals surface area contributed by atoms with Crippen molar-refractivity contribution in [1.82, 2.24) is 4.31 Å². The highest BCUT2D eigenvalue weighted by Crippen LogP contribution is 2.37. The van der Waals surface area contributed by atoms with Crippen LogP contribution in [0.4, 0.5) is 0 Å². The monoisotopic (exact) mass is 291 g/mol. The molecule has 0 amide bonds. The topological polar surface area (TPSA) is 37.4 Å². The zero-order chi connectivity index (χ0) is 14.2. The van der Waals surface area contributed by atoms with Crippen LogP contribution >= 0.6 is 0 Å². The second kappa shape index (κ2) is 5.24. The molecule has 1 aliphatic carbocycles. The van der Waals surface area contributed by atoms with Crippen LogP contribution in [0, 0.1) is 12.8 Å². The SMILES string of the molecule is Cc1ccc(S(=O)(=O)N2CCCC3CCCC=C32)cc1. The van der Waals surface area contributed by atoms with Crippen molar-refractivity contribution in [1.29, 1.82) is 0 Å². The summed E-state index contributed by atoms with van der Waals surface area (Å²) < 4.78 is 27.3. The van der Waals surface area contributed by atoms with Gasteiger partial charge in [-0.25, -0.2) is 8.42 Å². The van der Waals surface area contributed by atoms with E-state index in [2.05, 4.69) is 6.08 Å². The van der Waals surface area contributed by atoms with E-state index in [0.717, 1.165) is 36.9 Å². The third-order valence-corrected chi connectivity index (χ3v) is 6.18. The van der Waals surface area contributed by atoms with Crippen LogP contribution in [0.2, 0.25) is 0 Å². The molecule has 2 aliphatic rings. The van der Waals surface area contributed by atoms with E-state index in [0.29, 0.717) is 17.4 Å². The molecule has 20 heavy (non-hydrogen) atoms. The number of benzene rings is 1. The average Bonchev–Trinajstić information content (AvgIpc) is 2.47. The Morgan fingerprint density at radius 1 is 1.10 bits per heavy atom. The van der Waals surface area contributed by atoms with Gasteiger partial charge in [-0.1, -0.05) is 23.8 Å². The summed E-state index contributed by atoms with van der Waals surface area (Å²) in [6, 6.07) is 7.17. The summed E-state index contributed by atoms with van der Waals surface area (Å²) in [6.45, 7) is 2.59. The maximum atomic E-state index is 12.8. The number of fused-ring (bicyclic) bond motifs is 1. The minimum Gasteiger partial charge on any atom is -0.270 e. The third kappa shape index (κ3) is 2.37. The fourth-order valence-corrected chi connectivity index (χ4v) is 4.84. The lowest BCUT2D eigenvalue weighted by Gasteiger charge is -2.38. The molecule has 1 aromatic rings. The Morgan fingerprint density at radius 2 is 1.80 bits per heavy atom. The fraction of sp³-hybridized carbons (Fsp3) is 0.500. The molecular weight excluding hydrogens is 270 g/mol. The van der Waals surface area contributed by atoms with E-state index in [1.807, 2.05) is 19.1 Å². The van der Waals surface area contributed by atoms with Crippen molar-refractivity contribution in [3.63, 3.8) is 0 Å². The number of allylic oxidation sites excluding steroid dienone is 2. The Morgan fingerprint density at radius 3 is 2.55 bits per heavy atom. The molecule has 1 heterocycles. The first-order valence-corrected chi connectivity index (χ1v) is 8.82. The van der Waals surface area contributed by atoms with Gasteiger partial charge in [-0.05, 0) is 57.1 Å². The molecule has 0 aromatic heterocycles. The van der Waals surface area contributed by atoms with E-state index in [-0.39, 0.29) is 0 Å². The Bertz CT molecular complexity index is 616. The van der Waals surface area contributed by atoms with Crippen LogP contribution in [0.15, 0.2) is 40.9 Å². The van der Waals surface area contributed by atoms with Crippen molar-refractivity contribution in [2.75, 3.05) is 6.54 Å². The first-order valence-electron chi connectivity index (χ1n) is 7.38. The van der Waals surface area contributed by atoms with Gasteiger partial charge in [-0.3, -0.25) is 4.31 Å². The van der Waals surface area contributed by atoms with Crippen LogP contribution in [0.5, 0.6) is 0 Å². The Kier molecular flexibility index (Phi) is 3.59. The molecule has 1 unspecified atom stereocenters. The maximum Gasteiger partial charge on any atom is 0.264 e.